The van der Waals surface area contributed by atoms with Gasteiger partial charge in [0, 0.05) is 32.7 Å². The molecule has 1 aliphatic heterocycles. The Hall–Kier alpha value is -2.02. The summed E-state index contributed by atoms with van der Waals surface area (Å²) in [6.45, 7) is 6.26. The highest BCUT2D eigenvalue weighted by Crippen LogP contribution is 2.31. The largest absolute Gasteiger partial charge is 0.335 e. The first kappa shape index (κ1) is 17.4. The molecule has 3 heterocycles. The van der Waals surface area contributed by atoms with Crippen molar-refractivity contribution in [3.05, 3.63) is 64.0 Å². The fourth-order valence-electron chi connectivity index (χ4n) is 3.19. The molecular formula is C20H21N3OS2. The number of rotatable bonds is 4. The molecule has 4 nitrogen and oxygen atoms in total. The summed E-state index contributed by atoms with van der Waals surface area (Å²) in [6, 6.07) is 14.6. The molecule has 4 rings (SSSR count). The van der Waals surface area contributed by atoms with Crippen molar-refractivity contribution in [3.63, 3.8) is 0 Å². The number of thiazole rings is 1. The average molecular weight is 384 g/mol. The molecule has 0 unspecified atom stereocenters. The van der Waals surface area contributed by atoms with E-state index >= 15 is 0 Å². The summed E-state index contributed by atoms with van der Waals surface area (Å²) in [5, 5.41) is 2.99. The first-order valence-corrected chi connectivity index (χ1v) is 10.5. The number of hydrogen-bond acceptors (Lipinski definition) is 5. The van der Waals surface area contributed by atoms with Crippen molar-refractivity contribution in [1.82, 2.24) is 14.8 Å². The van der Waals surface area contributed by atoms with Gasteiger partial charge in [0.15, 0.2) is 0 Å². The number of carbonyl (C=O) groups is 1. The van der Waals surface area contributed by atoms with Gasteiger partial charge in [0.1, 0.15) is 9.88 Å². The number of hydrogen-bond donors (Lipinski definition) is 0. The van der Waals surface area contributed by atoms with Gasteiger partial charge in [-0.05, 0) is 23.9 Å². The lowest BCUT2D eigenvalue weighted by molar-refractivity contribution is 0.0632. The number of benzene rings is 1. The van der Waals surface area contributed by atoms with Crippen molar-refractivity contribution in [3.8, 4) is 9.88 Å². The summed E-state index contributed by atoms with van der Waals surface area (Å²) in [7, 11) is 0. The molecule has 0 saturated carbocycles. The molecule has 134 valence electrons. The quantitative estimate of drug-likeness (QED) is 0.679. The van der Waals surface area contributed by atoms with Crippen LogP contribution in [-0.4, -0.2) is 46.9 Å². The maximum atomic E-state index is 12.9. The smallest absolute Gasteiger partial charge is 0.265 e. The van der Waals surface area contributed by atoms with E-state index < -0.39 is 0 Å². The number of carbonyl (C=O) groups excluding carboxylic acids is 1. The number of piperazine rings is 1. The molecule has 6 heteroatoms. The van der Waals surface area contributed by atoms with Crippen molar-refractivity contribution in [2.45, 2.75) is 13.5 Å². The van der Waals surface area contributed by atoms with E-state index in [1.165, 1.54) is 16.9 Å². The van der Waals surface area contributed by atoms with Crippen molar-refractivity contribution in [2.24, 2.45) is 0 Å². The van der Waals surface area contributed by atoms with E-state index in [2.05, 4.69) is 40.2 Å². The third-order valence-corrected chi connectivity index (χ3v) is 6.82. The van der Waals surface area contributed by atoms with Crippen LogP contribution in [0.15, 0.2) is 47.8 Å². The molecule has 0 spiro atoms. The van der Waals surface area contributed by atoms with Crippen LogP contribution in [-0.2, 0) is 6.54 Å². The van der Waals surface area contributed by atoms with Crippen LogP contribution in [0.1, 0.15) is 20.9 Å². The van der Waals surface area contributed by atoms with Crippen LogP contribution in [0, 0.1) is 6.92 Å². The lowest BCUT2D eigenvalue weighted by Crippen LogP contribution is -2.48. The highest BCUT2D eigenvalue weighted by molar-refractivity contribution is 7.22. The molecule has 0 atom stereocenters. The van der Waals surface area contributed by atoms with Gasteiger partial charge in [0.2, 0.25) is 0 Å². The Labute approximate surface area is 161 Å². The summed E-state index contributed by atoms with van der Waals surface area (Å²) in [4.78, 5) is 23.9. The highest BCUT2D eigenvalue weighted by atomic mass is 32.1. The SMILES string of the molecule is Cc1nc(-c2cccs2)sc1C(=O)N1CCN(Cc2ccccc2)CC1. The topological polar surface area (TPSA) is 36.4 Å². The molecule has 1 aliphatic rings. The van der Waals surface area contributed by atoms with Crippen LogP contribution in [0.4, 0.5) is 0 Å². The molecule has 0 radical (unpaired) electrons. The van der Waals surface area contributed by atoms with Crippen LogP contribution in [0.2, 0.25) is 0 Å². The van der Waals surface area contributed by atoms with Gasteiger partial charge < -0.3 is 4.90 Å². The molecular weight excluding hydrogens is 362 g/mol. The molecule has 0 aliphatic carbocycles. The Morgan fingerprint density at radius 1 is 1.08 bits per heavy atom. The fourth-order valence-corrected chi connectivity index (χ4v) is 5.03. The van der Waals surface area contributed by atoms with Crippen molar-refractivity contribution < 1.29 is 4.79 Å². The Kier molecular flexibility index (Phi) is 5.15. The molecule has 1 amide bonds. The Balaban J connectivity index is 1.39. The van der Waals surface area contributed by atoms with Crippen LogP contribution in [0.5, 0.6) is 0 Å². The zero-order chi connectivity index (χ0) is 17.9. The second-order valence-corrected chi connectivity index (χ2v) is 8.41. The zero-order valence-corrected chi connectivity index (χ0v) is 16.4. The lowest BCUT2D eigenvalue weighted by atomic mass is 10.2. The third kappa shape index (κ3) is 3.72. The van der Waals surface area contributed by atoms with Crippen LogP contribution >= 0.6 is 22.7 Å². The molecule has 0 N–H and O–H groups in total. The Bertz CT molecular complexity index is 866. The van der Waals surface area contributed by atoms with E-state index in [1.807, 2.05) is 29.3 Å². The summed E-state index contributed by atoms with van der Waals surface area (Å²) in [5.74, 6) is 0.127. The minimum atomic E-state index is 0.127. The second kappa shape index (κ2) is 7.70. The number of thiophene rings is 1. The van der Waals surface area contributed by atoms with Gasteiger partial charge in [0.05, 0.1) is 10.6 Å². The number of nitrogens with zero attached hydrogens (tertiary/aromatic N) is 3. The highest BCUT2D eigenvalue weighted by Gasteiger charge is 2.25. The van der Waals surface area contributed by atoms with E-state index in [-0.39, 0.29) is 5.91 Å². The van der Waals surface area contributed by atoms with E-state index in [0.29, 0.717) is 0 Å². The fraction of sp³-hybridized carbons (Fsp3) is 0.300. The van der Waals surface area contributed by atoms with Gasteiger partial charge in [0.25, 0.3) is 5.91 Å². The molecule has 0 bridgehead atoms. The standard InChI is InChI=1S/C20H21N3OS2/c1-15-18(26-19(21-15)17-8-5-13-25-17)20(24)23-11-9-22(10-12-23)14-16-6-3-2-4-7-16/h2-8,13H,9-12,14H2,1H3. The zero-order valence-electron chi connectivity index (χ0n) is 14.7. The van der Waals surface area contributed by atoms with Crippen molar-refractivity contribution in [2.75, 3.05) is 26.2 Å². The maximum absolute atomic E-state index is 12.9. The molecule has 2 aromatic heterocycles. The first-order valence-electron chi connectivity index (χ1n) is 8.77. The molecule has 26 heavy (non-hydrogen) atoms. The van der Waals surface area contributed by atoms with Gasteiger partial charge in [-0.2, -0.15) is 0 Å². The minimum Gasteiger partial charge on any atom is -0.335 e. The number of aryl methyl sites for hydroxylation is 1. The van der Waals surface area contributed by atoms with Gasteiger partial charge in [-0.3, -0.25) is 9.69 Å². The van der Waals surface area contributed by atoms with E-state index in [4.69, 9.17) is 0 Å². The summed E-state index contributed by atoms with van der Waals surface area (Å²) in [6.07, 6.45) is 0. The van der Waals surface area contributed by atoms with Crippen LogP contribution in [0.25, 0.3) is 9.88 Å². The van der Waals surface area contributed by atoms with Crippen molar-refractivity contribution in [1.29, 1.82) is 0 Å². The van der Waals surface area contributed by atoms with Gasteiger partial charge in [-0.25, -0.2) is 4.98 Å². The third-order valence-electron chi connectivity index (χ3n) is 4.63. The summed E-state index contributed by atoms with van der Waals surface area (Å²) < 4.78 is 0. The first-order chi connectivity index (χ1) is 12.7. The molecule has 1 fully saturated rings. The predicted molar refractivity (Wildman–Crippen MR) is 108 cm³/mol. The van der Waals surface area contributed by atoms with E-state index in [1.54, 1.807) is 11.3 Å². The maximum Gasteiger partial charge on any atom is 0.265 e. The minimum absolute atomic E-state index is 0.127. The molecule has 1 saturated heterocycles. The second-order valence-electron chi connectivity index (χ2n) is 6.46. The summed E-state index contributed by atoms with van der Waals surface area (Å²) >= 11 is 3.18. The number of amides is 1. The van der Waals surface area contributed by atoms with E-state index in [9.17, 15) is 4.79 Å². The van der Waals surface area contributed by atoms with Crippen LogP contribution in [0.3, 0.4) is 0 Å². The monoisotopic (exact) mass is 383 g/mol. The summed E-state index contributed by atoms with van der Waals surface area (Å²) in [5.41, 5.74) is 2.17. The Morgan fingerprint density at radius 2 is 1.85 bits per heavy atom. The van der Waals surface area contributed by atoms with Gasteiger partial charge in [-0.15, -0.1) is 22.7 Å². The molecule has 3 aromatic rings. The number of aromatic nitrogens is 1. The van der Waals surface area contributed by atoms with Gasteiger partial charge in [-0.1, -0.05) is 36.4 Å². The van der Waals surface area contributed by atoms with Gasteiger partial charge >= 0.3 is 0 Å². The normalized spacial score (nSPS) is 15.3. The lowest BCUT2D eigenvalue weighted by Gasteiger charge is -2.34. The van der Waals surface area contributed by atoms with E-state index in [0.717, 1.165) is 53.2 Å². The van der Waals surface area contributed by atoms with Crippen molar-refractivity contribution >= 4 is 28.6 Å². The predicted octanol–water partition coefficient (Wildman–Crippen LogP) is 4.14. The van der Waals surface area contributed by atoms with Crippen LogP contribution < -0.4 is 0 Å². The molecule has 1 aromatic carbocycles. The Morgan fingerprint density at radius 3 is 2.54 bits per heavy atom. The average Bonchev–Trinajstić information content (AvgIpc) is 3.32.